The standard InChI is InChI=1S/C10H17N3O2.ClH/c14-9-8(4-2-6-12-9)13-10(15)7-3-1-5-11-7;/h7-8,11H,1-6H2,(H,12,14)(H,13,15);1H/t7-,8?;/m0./s1. The van der Waals surface area contributed by atoms with E-state index in [1.807, 2.05) is 0 Å². The fourth-order valence-corrected chi connectivity index (χ4v) is 2.09. The summed E-state index contributed by atoms with van der Waals surface area (Å²) in [4.78, 5) is 23.1. The molecule has 16 heavy (non-hydrogen) atoms. The predicted octanol–water partition coefficient (Wildman–Crippen LogP) is -0.445. The Labute approximate surface area is 101 Å². The summed E-state index contributed by atoms with van der Waals surface area (Å²) in [5.74, 6) is -0.0813. The highest BCUT2D eigenvalue weighted by atomic mass is 35.5. The molecule has 0 aromatic carbocycles. The molecule has 0 saturated carbocycles. The molecule has 0 aromatic heterocycles. The van der Waals surface area contributed by atoms with Gasteiger partial charge in [0.25, 0.3) is 0 Å². The van der Waals surface area contributed by atoms with Gasteiger partial charge in [0, 0.05) is 6.54 Å². The van der Waals surface area contributed by atoms with Crippen LogP contribution in [0.4, 0.5) is 0 Å². The van der Waals surface area contributed by atoms with Crippen LogP contribution in [0.3, 0.4) is 0 Å². The number of rotatable bonds is 2. The van der Waals surface area contributed by atoms with Crippen molar-refractivity contribution in [1.29, 1.82) is 0 Å². The highest BCUT2D eigenvalue weighted by molar-refractivity contribution is 5.90. The fourth-order valence-electron chi connectivity index (χ4n) is 2.09. The van der Waals surface area contributed by atoms with E-state index in [9.17, 15) is 9.59 Å². The topological polar surface area (TPSA) is 70.2 Å². The van der Waals surface area contributed by atoms with Crippen molar-refractivity contribution < 1.29 is 9.59 Å². The summed E-state index contributed by atoms with van der Waals surface area (Å²) < 4.78 is 0. The molecule has 0 aliphatic carbocycles. The number of carbonyl (C=O) groups excluding carboxylic acids is 2. The fraction of sp³-hybridized carbons (Fsp3) is 0.800. The largest absolute Gasteiger partial charge is 0.354 e. The average molecular weight is 248 g/mol. The summed E-state index contributed by atoms with van der Waals surface area (Å²) >= 11 is 0. The number of hydrogen-bond acceptors (Lipinski definition) is 3. The van der Waals surface area contributed by atoms with Crippen molar-refractivity contribution in [3.8, 4) is 0 Å². The van der Waals surface area contributed by atoms with E-state index in [0.717, 1.165) is 38.8 Å². The van der Waals surface area contributed by atoms with Crippen LogP contribution in [-0.2, 0) is 9.59 Å². The van der Waals surface area contributed by atoms with Gasteiger partial charge >= 0.3 is 0 Å². The first-order chi connectivity index (χ1) is 7.27. The molecule has 2 aliphatic rings. The van der Waals surface area contributed by atoms with E-state index in [-0.39, 0.29) is 36.3 Å². The van der Waals surface area contributed by atoms with Crippen LogP contribution in [0.15, 0.2) is 0 Å². The number of carbonyl (C=O) groups is 2. The quantitative estimate of drug-likeness (QED) is 0.619. The Hall–Kier alpha value is -0.810. The maximum atomic E-state index is 11.7. The molecule has 2 amide bonds. The minimum Gasteiger partial charge on any atom is -0.354 e. The Balaban J connectivity index is 0.00000128. The van der Waals surface area contributed by atoms with Gasteiger partial charge in [-0.1, -0.05) is 0 Å². The van der Waals surface area contributed by atoms with Crippen molar-refractivity contribution in [2.75, 3.05) is 13.1 Å². The number of nitrogens with one attached hydrogen (secondary N) is 3. The predicted molar refractivity (Wildman–Crippen MR) is 62.4 cm³/mol. The summed E-state index contributed by atoms with van der Waals surface area (Å²) in [6.07, 6.45) is 3.61. The summed E-state index contributed by atoms with van der Waals surface area (Å²) in [6.45, 7) is 1.63. The van der Waals surface area contributed by atoms with Crippen molar-refractivity contribution in [3.63, 3.8) is 0 Å². The molecule has 92 valence electrons. The molecule has 1 unspecified atom stereocenters. The van der Waals surface area contributed by atoms with Gasteiger partial charge in [-0.25, -0.2) is 0 Å². The Bertz CT molecular complexity index is 267. The van der Waals surface area contributed by atoms with Gasteiger partial charge in [0.15, 0.2) is 0 Å². The highest BCUT2D eigenvalue weighted by Gasteiger charge is 2.28. The molecular weight excluding hydrogens is 230 g/mol. The molecule has 3 N–H and O–H groups in total. The molecule has 0 bridgehead atoms. The Kier molecular flexibility index (Phi) is 5.02. The van der Waals surface area contributed by atoms with Crippen LogP contribution in [0.5, 0.6) is 0 Å². The summed E-state index contributed by atoms with van der Waals surface area (Å²) in [7, 11) is 0. The summed E-state index contributed by atoms with van der Waals surface area (Å²) in [5, 5.41) is 8.67. The van der Waals surface area contributed by atoms with E-state index >= 15 is 0 Å². The lowest BCUT2D eigenvalue weighted by molar-refractivity contribution is -0.130. The Morgan fingerprint density at radius 1 is 1.25 bits per heavy atom. The van der Waals surface area contributed by atoms with Crippen molar-refractivity contribution in [2.45, 2.75) is 37.8 Å². The van der Waals surface area contributed by atoms with E-state index in [0.29, 0.717) is 0 Å². The summed E-state index contributed by atoms with van der Waals surface area (Å²) in [5.41, 5.74) is 0. The van der Waals surface area contributed by atoms with Crippen molar-refractivity contribution in [1.82, 2.24) is 16.0 Å². The average Bonchev–Trinajstić information content (AvgIpc) is 2.74. The minimum absolute atomic E-state index is 0. The van der Waals surface area contributed by atoms with Gasteiger partial charge in [-0.2, -0.15) is 0 Å². The van der Waals surface area contributed by atoms with Crippen LogP contribution in [0.1, 0.15) is 25.7 Å². The van der Waals surface area contributed by atoms with Gasteiger partial charge < -0.3 is 16.0 Å². The van der Waals surface area contributed by atoms with Crippen LogP contribution in [-0.4, -0.2) is 37.0 Å². The third kappa shape index (κ3) is 3.09. The van der Waals surface area contributed by atoms with Gasteiger partial charge in [0.2, 0.25) is 11.8 Å². The molecule has 6 heteroatoms. The zero-order valence-electron chi connectivity index (χ0n) is 9.12. The first-order valence-electron chi connectivity index (χ1n) is 5.59. The molecule has 0 aromatic rings. The summed E-state index contributed by atoms with van der Waals surface area (Å²) in [6, 6.07) is -0.423. The first-order valence-corrected chi connectivity index (χ1v) is 5.59. The Morgan fingerprint density at radius 2 is 2.00 bits per heavy atom. The third-order valence-corrected chi connectivity index (χ3v) is 2.98. The number of piperidine rings is 1. The smallest absolute Gasteiger partial charge is 0.242 e. The molecule has 0 radical (unpaired) electrons. The minimum atomic E-state index is -0.325. The molecule has 2 heterocycles. The van der Waals surface area contributed by atoms with E-state index in [1.54, 1.807) is 0 Å². The maximum Gasteiger partial charge on any atom is 0.242 e. The first kappa shape index (κ1) is 13.3. The number of hydrogen-bond donors (Lipinski definition) is 3. The van der Waals surface area contributed by atoms with Crippen molar-refractivity contribution in [2.24, 2.45) is 0 Å². The van der Waals surface area contributed by atoms with Gasteiger partial charge in [-0.05, 0) is 32.2 Å². The molecule has 2 atom stereocenters. The van der Waals surface area contributed by atoms with Crippen LogP contribution in [0, 0.1) is 0 Å². The van der Waals surface area contributed by atoms with E-state index in [2.05, 4.69) is 16.0 Å². The van der Waals surface area contributed by atoms with E-state index in [1.165, 1.54) is 0 Å². The van der Waals surface area contributed by atoms with Crippen LogP contribution >= 0.6 is 12.4 Å². The zero-order chi connectivity index (χ0) is 10.7. The van der Waals surface area contributed by atoms with Gasteiger partial charge in [0.05, 0.1) is 6.04 Å². The second kappa shape index (κ2) is 6.06. The second-order valence-electron chi connectivity index (χ2n) is 4.14. The number of halogens is 1. The molecule has 5 nitrogen and oxygen atoms in total. The molecule has 2 fully saturated rings. The lowest BCUT2D eigenvalue weighted by Crippen LogP contribution is -2.53. The van der Waals surface area contributed by atoms with Gasteiger partial charge in [-0.3, -0.25) is 9.59 Å². The molecule has 2 saturated heterocycles. The highest BCUT2D eigenvalue weighted by Crippen LogP contribution is 2.07. The normalized spacial score (nSPS) is 29.1. The molecular formula is C10H18ClN3O2. The maximum absolute atomic E-state index is 11.7. The lowest BCUT2D eigenvalue weighted by Gasteiger charge is -2.24. The van der Waals surface area contributed by atoms with Crippen molar-refractivity contribution in [3.05, 3.63) is 0 Å². The number of amides is 2. The molecule has 2 rings (SSSR count). The van der Waals surface area contributed by atoms with Gasteiger partial charge in [0.1, 0.15) is 6.04 Å². The third-order valence-electron chi connectivity index (χ3n) is 2.98. The van der Waals surface area contributed by atoms with Crippen LogP contribution in [0.2, 0.25) is 0 Å². The van der Waals surface area contributed by atoms with Crippen molar-refractivity contribution >= 4 is 24.2 Å². The molecule has 2 aliphatic heterocycles. The van der Waals surface area contributed by atoms with Crippen LogP contribution in [0.25, 0.3) is 0 Å². The molecule has 0 spiro atoms. The second-order valence-corrected chi connectivity index (χ2v) is 4.14. The van der Waals surface area contributed by atoms with E-state index in [4.69, 9.17) is 0 Å². The SMILES string of the molecule is Cl.O=C1NCCCC1NC(=O)[C@@H]1CCCN1. The van der Waals surface area contributed by atoms with Gasteiger partial charge in [-0.15, -0.1) is 12.4 Å². The monoisotopic (exact) mass is 247 g/mol. The Morgan fingerprint density at radius 3 is 2.62 bits per heavy atom. The van der Waals surface area contributed by atoms with E-state index < -0.39 is 0 Å². The zero-order valence-corrected chi connectivity index (χ0v) is 9.94. The lowest BCUT2D eigenvalue weighted by atomic mass is 10.1. The van der Waals surface area contributed by atoms with Crippen LogP contribution < -0.4 is 16.0 Å².